The van der Waals surface area contributed by atoms with Gasteiger partial charge in [0.2, 0.25) is 0 Å². The molecule has 0 amide bonds. The number of cyclic esters (lactones) is 1. The second-order valence-corrected chi connectivity index (χ2v) is 7.86. The predicted octanol–water partition coefficient (Wildman–Crippen LogP) is 4.26. The number of rotatable bonds is 4. The van der Waals surface area contributed by atoms with Gasteiger partial charge in [-0.3, -0.25) is 9.78 Å². The number of halogens is 1. The lowest BCUT2D eigenvalue weighted by Gasteiger charge is -2.36. The highest BCUT2D eigenvalue weighted by atomic mass is 19.1. The van der Waals surface area contributed by atoms with Gasteiger partial charge in [-0.1, -0.05) is 35.9 Å². The Kier molecular flexibility index (Phi) is 5.33. The maximum absolute atomic E-state index is 13.4. The van der Waals surface area contributed by atoms with Gasteiger partial charge >= 0.3 is 5.97 Å². The van der Waals surface area contributed by atoms with Crippen LogP contribution in [0.2, 0.25) is 0 Å². The number of hydrogen-bond donors (Lipinski definition) is 1. The Bertz CT molecular complexity index is 966. The van der Waals surface area contributed by atoms with Gasteiger partial charge in [0.25, 0.3) is 0 Å². The minimum atomic E-state index is -0.278. The van der Waals surface area contributed by atoms with Crippen LogP contribution in [-0.2, 0) is 9.53 Å². The van der Waals surface area contributed by atoms with Crippen molar-refractivity contribution in [1.29, 1.82) is 0 Å². The van der Waals surface area contributed by atoms with E-state index in [9.17, 15) is 14.3 Å². The third-order valence-electron chi connectivity index (χ3n) is 6.10. The van der Waals surface area contributed by atoms with Crippen LogP contribution in [0.15, 0.2) is 60.3 Å². The molecule has 1 N–H and O–H groups in total. The zero-order chi connectivity index (χ0) is 20.5. The molecule has 2 heterocycles. The van der Waals surface area contributed by atoms with Crippen molar-refractivity contribution >= 4 is 12.0 Å². The summed E-state index contributed by atoms with van der Waals surface area (Å²) in [6.45, 7) is 3.89. The lowest BCUT2D eigenvalue weighted by molar-refractivity contribution is -0.142. The minimum Gasteiger partial charge on any atom is -0.462 e. The van der Waals surface area contributed by atoms with E-state index in [1.165, 1.54) is 12.1 Å². The smallest absolute Gasteiger partial charge is 0.313 e. The first-order valence-corrected chi connectivity index (χ1v) is 9.88. The van der Waals surface area contributed by atoms with Crippen molar-refractivity contribution in [2.24, 2.45) is 23.7 Å². The van der Waals surface area contributed by atoms with Crippen molar-refractivity contribution in [2.75, 3.05) is 6.61 Å². The number of esters is 1. The standard InChI is InChI=1S/C24H24FNO3/c1-14-10-21-23(15(2)29-24(21)28)20(22(14)13-27)9-8-19-7-6-17(12-26-19)16-4-3-5-18(25)11-16/h3-12,15,20-23,27H,13H2,1-2H3/b9-8+. The van der Waals surface area contributed by atoms with Crippen LogP contribution in [0.25, 0.3) is 17.2 Å². The van der Waals surface area contributed by atoms with Crippen LogP contribution in [0.3, 0.4) is 0 Å². The normalized spacial score (nSPS) is 28.9. The molecule has 1 aromatic carbocycles. The molecule has 0 spiro atoms. The van der Waals surface area contributed by atoms with Gasteiger partial charge in [0.05, 0.1) is 18.2 Å². The quantitative estimate of drug-likeness (QED) is 0.623. The average molecular weight is 393 g/mol. The van der Waals surface area contributed by atoms with E-state index in [1.54, 1.807) is 12.3 Å². The number of aromatic nitrogens is 1. The predicted molar refractivity (Wildman–Crippen MR) is 109 cm³/mol. The summed E-state index contributed by atoms with van der Waals surface area (Å²) in [6.07, 6.45) is 7.45. The number of fused-ring (bicyclic) bond motifs is 1. The molecule has 4 rings (SSSR count). The zero-order valence-electron chi connectivity index (χ0n) is 16.5. The number of aliphatic hydroxyl groups is 1. The van der Waals surface area contributed by atoms with Crippen LogP contribution in [0.4, 0.5) is 4.39 Å². The number of pyridine rings is 1. The third kappa shape index (κ3) is 3.75. The SMILES string of the molecule is CC1=CC2C(=O)OC(C)C2C(/C=C/c2ccc(-c3cccc(F)c3)cn2)C1CO. The Morgan fingerprint density at radius 2 is 2.07 bits per heavy atom. The largest absolute Gasteiger partial charge is 0.462 e. The van der Waals surface area contributed by atoms with Crippen molar-refractivity contribution < 1.29 is 19.0 Å². The van der Waals surface area contributed by atoms with Crippen molar-refractivity contribution in [1.82, 2.24) is 4.98 Å². The molecule has 1 aliphatic heterocycles. The van der Waals surface area contributed by atoms with E-state index in [0.29, 0.717) is 0 Å². The molecule has 0 saturated carbocycles. The molecule has 1 aliphatic carbocycles. The van der Waals surface area contributed by atoms with Crippen LogP contribution >= 0.6 is 0 Å². The van der Waals surface area contributed by atoms with Gasteiger partial charge < -0.3 is 9.84 Å². The Hall–Kier alpha value is -2.79. The number of ether oxygens (including phenoxy) is 1. The van der Waals surface area contributed by atoms with Gasteiger partial charge in [0, 0.05) is 23.6 Å². The maximum atomic E-state index is 13.4. The Morgan fingerprint density at radius 1 is 1.24 bits per heavy atom. The van der Waals surface area contributed by atoms with Crippen LogP contribution in [-0.4, -0.2) is 28.8 Å². The van der Waals surface area contributed by atoms with Crippen molar-refractivity contribution in [2.45, 2.75) is 20.0 Å². The molecule has 1 aromatic heterocycles. The number of aliphatic hydroxyl groups excluding tert-OH is 1. The van der Waals surface area contributed by atoms with Gasteiger partial charge in [0.1, 0.15) is 11.9 Å². The maximum Gasteiger partial charge on any atom is 0.313 e. The summed E-state index contributed by atoms with van der Waals surface area (Å²) in [5.74, 6) is -0.775. The molecular formula is C24H24FNO3. The Balaban J connectivity index is 1.58. The van der Waals surface area contributed by atoms with Gasteiger partial charge in [-0.05, 0) is 49.6 Å². The molecule has 0 bridgehead atoms. The molecule has 5 atom stereocenters. The number of nitrogens with zero attached hydrogens (tertiary/aromatic N) is 1. The molecule has 5 heteroatoms. The summed E-state index contributed by atoms with van der Waals surface area (Å²) in [5, 5.41) is 9.94. The molecule has 5 unspecified atom stereocenters. The first kappa shape index (κ1) is 19.5. The summed E-state index contributed by atoms with van der Waals surface area (Å²) in [6, 6.07) is 10.2. The van der Waals surface area contributed by atoms with Gasteiger partial charge in [-0.2, -0.15) is 0 Å². The number of benzene rings is 1. The lowest BCUT2D eigenvalue weighted by Crippen LogP contribution is -2.36. The highest BCUT2D eigenvalue weighted by molar-refractivity contribution is 5.78. The van der Waals surface area contributed by atoms with Gasteiger partial charge in [-0.15, -0.1) is 0 Å². The molecule has 1 fully saturated rings. The summed E-state index contributed by atoms with van der Waals surface area (Å²) in [4.78, 5) is 16.7. The average Bonchev–Trinajstić information content (AvgIpc) is 2.99. The fraction of sp³-hybridized carbons (Fsp3) is 0.333. The third-order valence-corrected chi connectivity index (χ3v) is 6.10. The minimum absolute atomic E-state index is 0.00571. The summed E-state index contributed by atoms with van der Waals surface area (Å²) in [7, 11) is 0. The molecule has 1 saturated heterocycles. The molecule has 2 aromatic rings. The van der Waals surface area contributed by atoms with Crippen molar-refractivity contribution in [3.63, 3.8) is 0 Å². The highest BCUT2D eigenvalue weighted by Crippen LogP contribution is 2.45. The van der Waals surface area contributed by atoms with Gasteiger partial charge in [0.15, 0.2) is 0 Å². The number of carbonyl (C=O) groups excluding carboxylic acids is 1. The monoisotopic (exact) mass is 393 g/mol. The first-order valence-electron chi connectivity index (χ1n) is 9.88. The summed E-state index contributed by atoms with van der Waals surface area (Å²) >= 11 is 0. The second kappa shape index (κ2) is 7.91. The van der Waals surface area contributed by atoms with E-state index in [2.05, 4.69) is 4.98 Å². The number of carbonyl (C=O) groups is 1. The molecule has 4 nitrogen and oxygen atoms in total. The van der Waals surface area contributed by atoms with E-state index in [0.717, 1.165) is 22.4 Å². The fourth-order valence-electron chi connectivity index (χ4n) is 4.58. The van der Waals surface area contributed by atoms with Crippen LogP contribution in [0.5, 0.6) is 0 Å². The second-order valence-electron chi connectivity index (χ2n) is 7.86. The Labute approximate surface area is 169 Å². The fourth-order valence-corrected chi connectivity index (χ4v) is 4.58. The molecule has 2 aliphatic rings. The molecular weight excluding hydrogens is 369 g/mol. The van der Waals surface area contributed by atoms with E-state index < -0.39 is 0 Å². The van der Waals surface area contributed by atoms with E-state index >= 15 is 0 Å². The van der Waals surface area contributed by atoms with Crippen molar-refractivity contribution in [3.8, 4) is 11.1 Å². The molecule has 29 heavy (non-hydrogen) atoms. The van der Waals surface area contributed by atoms with Crippen LogP contribution in [0.1, 0.15) is 19.5 Å². The highest BCUT2D eigenvalue weighted by Gasteiger charge is 2.49. The lowest BCUT2D eigenvalue weighted by atomic mass is 9.67. The first-order chi connectivity index (χ1) is 14.0. The number of allylic oxidation sites excluding steroid dienone is 1. The molecule has 150 valence electrons. The van der Waals surface area contributed by atoms with Crippen molar-refractivity contribution in [3.05, 3.63) is 71.8 Å². The topological polar surface area (TPSA) is 59.4 Å². The summed E-state index contributed by atoms with van der Waals surface area (Å²) < 4.78 is 18.9. The Morgan fingerprint density at radius 3 is 2.76 bits per heavy atom. The molecule has 0 radical (unpaired) electrons. The zero-order valence-corrected chi connectivity index (χ0v) is 16.5. The van der Waals surface area contributed by atoms with Gasteiger partial charge in [-0.25, -0.2) is 4.39 Å². The number of hydrogen-bond acceptors (Lipinski definition) is 4. The van der Waals surface area contributed by atoms with E-state index in [-0.39, 0.29) is 48.2 Å². The van der Waals surface area contributed by atoms with Crippen LogP contribution < -0.4 is 0 Å². The van der Waals surface area contributed by atoms with E-state index in [4.69, 9.17) is 4.74 Å². The van der Waals surface area contributed by atoms with Crippen LogP contribution in [0, 0.1) is 29.5 Å². The summed E-state index contributed by atoms with van der Waals surface area (Å²) in [5.41, 5.74) is 3.40. The van der Waals surface area contributed by atoms with E-state index in [1.807, 2.05) is 50.3 Å².